The predicted octanol–water partition coefficient (Wildman–Crippen LogP) is 9.14. The highest BCUT2D eigenvalue weighted by atomic mass is 16.5. The molecule has 3 amide bonds. The minimum absolute atomic E-state index is 0.104. The Morgan fingerprint density at radius 2 is 1.44 bits per heavy atom. The highest BCUT2D eigenvalue weighted by Gasteiger charge is 2.55. The molecule has 1 unspecified atom stereocenters. The number of carbonyl (C=O) groups is 3. The number of aromatic nitrogens is 4. The average Bonchev–Trinajstić information content (AvgIpc) is 3.92. The van der Waals surface area contributed by atoms with Crippen molar-refractivity contribution in [3.8, 4) is 33.6 Å². The van der Waals surface area contributed by atoms with Crippen molar-refractivity contribution < 1.29 is 23.9 Å². The lowest BCUT2D eigenvalue weighted by molar-refractivity contribution is -0.140. The van der Waals surface area contributed by atoms with Crippen LogP contribution in [0.5, 0.6) is 0 Å². The first-order valence-corrected chi connectivity index (χ1v) is 23.7. The number of methoxy groups -OCH3 is 1. The number of amides is 3. The molecule has 1 spiro atoms. The first-order valence-electron chi connectivity index (χ1n) is 23.7. The van der Waals surface area contributed by atoms with Gasteiger partial charge in [-0.25, -0.2) is 14.8 Å². The van der Waals surface area contributed by atoms with Gasteiger partial charge < -0.3 is 35.0 Å². The van der Waals surface area contributed by atoms with Crippen LogP contribution in [-0.2, 0) is 19.1 Å². The molecule has 4 fully saturated rings. The molecule has 2 aliphatic carbocycles. The number of nitrogens with one attached hydrogen (secondary N) is 4. The van der Waals surface area contributed by atoms with Gasteiger partial charge in [0.1, 0.15) is 23.7 Å². The van der Waals surface area contributed by atoms with Gasteiger partial charge in [-0.2, -0.15) is 0 Å². The molecule has 2 aliphatic heterocycles. The van der Waals surface area contributed by atoms with Crippen LogP contribution in [-0.4, -0.2) is 93.6 Å². The van der Waals surface area contributed by atoms with Crippen LogP contribution >= 0.6 is 0 Å². The van der Waals surface area contributed by atoms with Gasteiger partial charge in [0, 0.05) is 25.2 Å². The van der Waals surface area contributed by atoms with Crippen molar-refractivity contribution >= 4 is 28.7 Å². The maximum absolute atomic E-state index is 14.7. The molecule has 13 heteroatoms. The van der Waals surface area contributed by atoms with E-state index in [4.69, 9.17) is 19.4 Å². The van der Waals surface area contributed by atoms with E-state index < -0.39 is 12.1 Å². The number of hydrogen-bond acceptors (Lipinski definition) is 8. The fourth-order valence-corrected chi connectivity index (χ4v) is 10.6. The summed E-state index contributed by atoms with van der Waals surface area (Å²) in [4.78, 5) is 61.6. The highest BCUT2D eigenvalue weighted by Crippen LogP contribution is 2.59. The van der Waals surface area contributed by atoms with Crippen LogP contribution in [0.15, 0.2) is 103 Å². The first kappa shape index (κ1) is 43.6. The lowest BCUT2D eigenvalue weighted by Crippen LogP contribution is -2.51. The summed E-state index contributed by atoms with van der Waals surface area (Å²) < 4.78 is 10.5. The van der Waals surface area contributed by atoms with Crippen molar-refractivity contribution in [1.82, 2.24) is 40.4 Å². The number of rotatable bonds is 13. The van der Waals surface area contributed by atoms with E-state index in [0.717, 1.165) is 120 Å². The smallest absolute Gasteiger partial charge is 0.407 e. The third-order valence-corrected chi connectivity index (χ3v) is 14.6. The molecule has 2 saturated heterocycles. The summed E-state index contributed by atoms with van der Waals surface area (Å²) in [5.74, 6) is 1.59. The van der Waals surface area contributed by atoms with E-state index in [-0.39, 0.29) is 47.2 Å². The molecule has 4 aliphatic rings. The van der Waals surface area contributed by atoms with Crippen LogP contribution in [0.3, 0.4) is 0 Å². The molecule has 13 nitrogen and oxygen atoms in total. The van der Waals surface area contributed by atoms with Crippen molar-refractivity contribution in [2.24, 2.45) is 17.3 Å². The highest BCUT2D eigenvalue weighted by molar-refractivity contribution is 5.91. The normalized spacial score (nSPS) is 19.8. The quantitative estimate of drug-likeness (QED) is 0.0895. The number of likely N-dealkylation sites (tertiary alicyclic amines) is 1. The van der Waals surface area contributed by atoms with Crippen molar-refractivity contribution in [3.63, 3.8) is 0 Å². The van der Waals surface area contributed by atoms with Gasteiger partial charge in [-0.1, -0.05) is 106 Å². The van der Waals surface area contributed by atoms with Crippen LogP contribution in [0, 0.1) is 17.3 Å². The summed E-state index contributed by atoms with van der Waals surface area (Å²) in [7, 11) is 1.30. The summed E-state index contributed by atoms with van der Waals surface area (Å²) in [5.41, 5.74) is 7.30. The van der Waals surface area contributed by atoms with Crippen LogP contribution in [0.1, 0.15) is 94.1 Å². The maximum atomic E-state index is 14.7. The summed E-state index contributed by atoms with van der Waals surface area (Å²) in [5, 5.41) is 8.18. The van der Waals surface area contributed by atoms with E-state index in [1.165, 1.54) is 7.11 Å². The zero-order valence-corrected chi connectivity index (χ0v) is 38.1. The maximum Gasteiger partial charge on any atom is 0.407 e. The second kappa shape index (κ2) is 18.5. The van der Waals surface area contributed by atoms with Crippen LogP contribution in [0.25, 0.3) is 44.4 Å². The number of hydrogen-bond donors (Lipinski definition) is 4. The molecular formula is C53H60N8O5. The third kappa shape index (κ3) is 8.98. The van der Waals surface area contributed by atoms with Gasteiger partial charge in [-0.05, 0) is 94.5 Å². The molecule has 10 rings (SSSR count). The number of imidazole rings is 2. The van der Waals surface area contributed by atoms with Gasteiger partial charge in [-0.15, -0.1) is 0 Å². The number of H-pyrrole nitrogens is 2. The Kier molecular flexibility index (Phi) is 12.2. The fraction of sp³-hybridized carbons (Fsp3) is 0.415. The van der Waals surface area contributed by atoms with E-state index in [0.29, 0.717) is 19.0 Å². The van der Waals surface area contributed by atoms with Crippen molar-refractivity contribution in [3.05, 3.63) is 121 Å². The molecule has 4 atom stereocenters. The van der Waals surface area contributed by atoms with Crippen LogP contribution in [0.4, 0.5) is 4.79 Å². The van der Waals surface area contributed by atoms with Gasteiger partial charge in [0.25, 0.3) is 0 Å². The Bertz CT molecular complexity index is 2680. The summed E-state index contributed by atoms with van der Waals surface area (Å²) in [6, 6.07) is 30.3. The first-order chi connectivity index (χ1) is 32.1. The lowest BCUT2D eigenvalue weighted by Gasteiger charge is -2.37. The molecular weight excluding hydrogens is 829 g/mol. The number of benzene rings is 4. The molecule has 66 heavy (non-hydrogen) atoms. The molecule has 0 bridgehead atoms. The minimum Gasteiger partial charge on any atom is -0.453 e. The Labute approximate surface area is 386 Å². The second-order valence-electron chi connectivity index (χ2n) is 19.3. The molecule has 4 heterocycles. The molecule has 4 aromatic carbocycles. The van der Waals surface area contributed by atoms with Gasteiger partial charge >= 0.3 is 6.09 Å². The number of nitrogens with zero attached hydrogens (tertiary/aromatic N) is 4. The van der Waals surface area contributed by atoms with E-state index in [9.17, 15) is 14.4 Å². The molecule has 2 aromatic heterocycles. The summed E-state index contributed by atoms with van der Waals surface area (Å²) in [6.45, 7) is 7.30. The number of aromatic amines is 2. The Hall–Kier alpha value is -6.31. The van der Waals surface area contributed by atoms with Gasteiger partial charge in [-0.3, -0.25) is 14.5 Å². The summed E-state index contributed by atoms with van der Waals surface area (Å²) in [6.07, 6.45) is 10.6. The van der Waals surface area contributed by atoms with E-state index in [2.05, 4.69) is 103 Å². The van der Waals surface area contributed by atoms with Crippen LogP contribution in [0.2, 0.25) is 0 Å². The lowest BCUT2D eigenvalue weighted by atomic mass is 9.96. The zero-order valence-electron chi connectivity index (χ0n) is 38.1. The van der Waals surface area contributed by atoms with E-state index in [1.54, 1.807) is 0 Å². The number of morpholine rings is 1. The monoisotopic (exact) mass is 888 g/mol. The van der Waals surface area contributed by atoms with Gasteiger partial charge in [0.2, 0.25) is 11.8 Å². The Morgan fingerprint density at radius 1 is 0.788 bits per heavy atom. The topological polar surface area (TPSA) is 158 Å². The van der Waals surface area contributed by atoms with E-state index in [1.807, 2.05) is 44.4 Å². The zero-order chi connectivity index (χ0) is 45.4. The molecule has 6 aromatic rings. The molecule has 2 saturated carbocycles. The minimum atomic E-state index is -0.729. The largest absolute Gasteiger partial charge is 0.453 e. The van der Waals surface area contributed by atoms with Gasteiger partial charge in [0.15, 0.2) is 0 Å². The van der Waals surface area contributed by atoms with Crippen molar-refractivity contribution in [1.29, 1.82) is 0 Å². The van der Waals surface area contributed by atoms with E-state index >= 15 is 0 Å². The number of carbonyl (C=O) groups excluding carboxylic acids is 3. The molecule has 342 valence electrons. The second-order valence-corrected chi connectivity index (χ2v) is 19.3. The van der Waals surface area contributed by atoms with Gasteiger partial charge in [0.05, 0.1) is 56.2 Å². The standard InChI is InChI=1S/C53H60N8O5/c1-33(2)45(59-52(64)65-3)50(62)58-46(36-9-7-8-10-36)49-55-30-42(57-49)35-15-13-34(14-16-35)38-17-18-40-28-41(20-19-39(40)27-38)43-31-54-48(56-43)44-29-53(21-22-53)32-61(44)51(63)47(37-11-5-4-6-12-37)60-23-25-66-26-24-60/h4-6,11-20,27-28,30-31,33,36,44-47H,7-10,21-26,29,32H2,1-3H3,(H,54,56)(H,55,57)(H,58,62)(H,59,64)/t44-,45-,46-,47?/m0/s1. The van der Waals surface area contributed by atoms with Crippen molar-refractivity contribution in [2.45, 2.75) is 83.0 Å². The summed E-state index contributed by atoms with van der Waals surface area (Å²) >= 11 is 0. The SMILES string of the molecule is COC(=O)N[C@H](C(=O)N[C@H](c1ncc(-c2ccc(-c3ccc4cc(-c5cnc([C@@H]6CC7(CC7)CN6C(=O)C(c6ccccc6)N6CCOCC6)[nH]5)ccc4c3)cc2)[nH]1)C1CCCC1)C(C)C. The predicted molar refractivity (Wildman–Crippen MR) is 254 cm³/mol. The Balaban J connectivity index is 0.836. The van der Waals surface area contributed by atoms with Crippen LogP contribution < -0.4 is 10.6 Å². The number of ether oxygens (including phenoxy) is 2. The fourth-order valence-electron chi connectivity index (χ4n) is 10.6. The Morgan fingerprint density at radius 3 is 2.14 bits per heavy atom. The molecule has 0 radical (unpaired) electrons. The number of fused-ring (bicyclic) bond motifs is 1. The van der Waals surface area contributed by atoms with Crippen molar-refractivity contribution in [2.75, 3.05) is 40.0 Å². The third-order valence-electron chi connectivity index (χ3n) is 14.6. The molecule has 4 N–H and O–H groups in total. The number of alkyl carbamates (subject to hydrolysis) is 1. The average molecular weight is 889 g/mol.